The van der Waals surface area contributed by atoms with Gasteiger partial charge in [-0.25, -0.2) is 8.42 Å². The summed E-state index contributed by atoms with van der Waals surface area (Å²) < 4.78 is 30.4. The smallest absolute Gasteiger partial charge is 0.291 e. The Labute approximate surface area is 177 Å². The van der Waals surface area contributed by atoms with Crippen molar-refractivity contribution in [3.8, 4) is 0 Å². The number of sulfone groups is 1. The van der Waals surface area contributed by atoms with Crippen molar-refractivity contribution in [2.24, 2.45) is 0 Å². The van der Waals surface area contributed by atoms with Crippen LogP contribution in [0.4, 0.5) is 11.4 Å². The van der Waals surface area contributed by atoms with Crippen molar-refractivity contribution in [1.29, 1.82) is 0 Å². The number of anilines is 2. The minimum atomic E-state index is -3.54. The molecule has 1 heterocycles. The largest absolute Gasteiger partial charge is 0.455 e. The Hall–Kier alpha value is -3.06. The number of nitrogens with zero attached hydrogens (tertiary/aromatic N) is 1. The molecular weight excluding hydrogens is 400 g/mol. The summed E-state index contributed by atoms with van der Waals surface area (Å²) in [7, 11) is -3.54. The first-order valence-electron chi connectivity index (χ1n) is 9.84. The van der Waals surface area contributed by atoms with E-state index in [0.717, 1.165) is 12.2 Å². The number of benzene rings is 2. The van der Waals surface area contributed by atoms with Gasteiger partial charge < -0.3 is 14.6 Å². The molecule has 3 rings (SSSR count). The van der Waals surface area contributed by atoms with Crippen LogP contribution in [0.3, 0.4) is 0 Å². The minimum absolute atomic E-state index is 0.0645. The van der Waals surface area contributed by atoms with Crippen LogP contribution in [-0.4, -0.2) is 26.9 Å². The molecule has 158 valence electrons. The summed E-state index contributed by atoms with van der Waals surface area (Å²) in [6.45, 7) is 7.25. The second kappa shape index (κ2) is 9.17. The second-order valence-corrected chi connectivity index (χ2v) is 9.21. The van der Waals surface area contributed by atoms with Gasteiger partial charge in [0, 0.05) is 24.0 Å². The number of nitrogens with one attached hydrogen (secondary N) is 1. The molecule has 1 aromatic heterocycles. The van der Waals surface area contributed by atoms with Crippen LogP contribution in [0.25, 0.3) is 0 Å². The van der Waals surface area contributed by atoms with Crippen LogP contribution in [-0.2, 0) is 15.6 Å². The summed E-state index contributed by atoms with van der Waals surface area (Å²) in [4.78, 5) is 14.9. The standard InChI is InChI=1S/C23H26N2O4S/c1-4-25(17(2)3)19-12-10-18(11-13-19)24-23(26)22-15-14-20(29-22)16-30(27,28)21-8-6-5-7-9-21/h5-15,17H,4,16H2,1-3H3,(H,24,26). The Morgan fingerprint density at radius 3 is 2.27 bits per heavy atom. The van der Waals surface area contributed by atoms with Gasteiger partial charge in [0.1, 0.15) is 11.5 Å². The quantitative estimate of drug-likeness (QED) is 0.563. The van der Waals surface area contributed by atoms with Gasteiger partial charge in [-0.2, -0.15) is 0 Å². The lowest BCUT2D eigenvalue weighted by Crippen LogP contribution is -2.30. The predicted molar refractivity (Wildman–Crippen MR) is 119 cm³/mol. The van der Waals surface area contributed by atoms with Crippen molar-refractivity contribution in [1.82, 2.24) is 0 Å². The summed E-state index contributed by atoms with van der Waals surface area (Å²) in [5.74, 6) is -0.451. The number of furan rings is 1. The van der Waals surface area contributed by atoms with Gasteiger partial charge in [0.2, 0.25) is 0 Å². The molecule has 2 aromatic carbocycles. The number of carbonyl (C=O) groups excluding carboxylic acids is 1. The third-order valence-electron chi connectivity index (χ3n) is 4.74. The molecule has 7 heteroatoms. The summed E-state index contributed by atoms with van der Waals surface area (Å²) in [6, 6.07) is 19.1. The zero-order chi connectivity index (χ0) is 21.7. The molecule has 30 heavy (non-hydrogen) atoms. The average Bonchev–Trinajstić information content (AvgIpc) is 3.18. The van der Waals surface area contributed by atoms with E-state index in [9.17, 15) is 13.2 Å². The Morgan fingerprint density at radius 2 is 1.67 bits per heavy atom. The maximum atomic E-state index is 12.5. The Bertz CT molecular complexity index is 1090. The fourth-order valence-corrected chi connectivity index (χ4v) is 4.52. The van der Waals surface area contributed by atoms with E-state index in [0.29, 0.717) is 11.7 Å². The Kier molecular flexibility index (Phi) is 6.62. The molecule has 0 spiro atoms. The van der Waals surface area contributed by atoms with E-state index in [1.165, 1.54) is 24.3 Å². The van der Waals surface area contributed by atoms with Gasteiger partial charge in [-0.15, -0.1) is 0 Å². The van der Waals surface area contributed by atoms with Crippen LogP contribution in [0.5, 0.6) is 0 Å². The van der Waals surface area contributed by atoms with Crippen molar-refractivity contribution in [3.63, 3.8) is 0 Å². The molecule has 0 aliphatic carbocycles. The summed E-state index contributed by atoms with van der Waals surface area (Å²) in [5.41, 5.74) is 1.72. The van der Waals surface area contributed by atoms with Crippen LogP contribution in [0.2, 0.25) is 0 Å². The maximum Gasteiger partial charge on any atom is 0.291 e. The molecule has 3 aromatic rings. The fraction of sp³-hybridized carbons (Fsp3) is 0.261. The predicted octanol–water partition coefficient (Wildman–Crippen LogP) is 4.74. The van der Waals surface area contributed by atoms with Crippen LogP contribution in [0.15, 0.2) is 76.0 Å². The Balaban J connectivity index is 1.67. The molecule has 0 saturated heterocycles. The molecule has 0 saturated carbocycles. The third-order valence-corrected chi connectivity index (χ3v) is 6.40. The molecule has 1 N–H and O–H groups in total. The van der Waals surface area contributed by atoms with E-state index < -0.39 is 15.7 Å². The van der Waals surface area contributed by atoms with Crippen molar-refractivity contribution in [2.45, 2.75) is 37.5 Å². The summed E-state index contributed by atoms with van der Waals surface area (Å²) in [6.07, 6.45) is 0. The van der Waals surface area contributed by atoms with Gasteiger partial charge >= 0.3 is 0 Å². The molecule has 0 aliphatic heterocycles. The molecular formula is C23H26N2O4S. The number of hydrogen-bond acceptors (Lipinski definition) is 5. The van der Waals surface area contributed by atoms with Gasteiger partial charge in [-0.3, -0.25) is 4.79 Å². The lowest BCUT2D eigenvalue weighted by molar-refractivity contribution is 0.0995. The molecule has 0 atom stereocenters. The Morgan fingerprint density at radius 1 is 1.00 bits per heavy atom. The van der Waals surface area contributed by atoms with E-state index in [2.05, 4.69) is 31.0 Å². The highest BCUT2D eigenvalue weighted by Crippen LogP contribution is 2.22. The first kappa shape index (κ1) is 21.6. The average molecular weight is 427 g/mol. The zero-order valence-corrected chi connectivity index (χ0v) is 18.1. The van der Waals surface area contributed by atoms with Crippen LogP contribution >= 0.6 is 0 Å². The number of hydrogen-bond donors (Lipinski definition) is 1. The first-order valence-corrected chi connectivity index (χ1v) is 11.5. The van der Waals surface area contributed by atoms with Crippen LogP contribution in [0, 0.1) is 0 Å². The summed E-state index contributed by atoms with van der Waals surface area (Å²) >= 11 is 0. The van der Waals surface area contributed by atoms with Crippen molar-refractivity contribution in [3.05, 3.63) is 78.3 Å². The number of amides is 1. The molecule has 6 nitrogen and oxygen atoms in total. The van der Waals surface area contributed by atoms with E-state index in [1.807, 2.05) is 24.3 Å². The molecule has 0 radical (unpaired) electrons. The second-order valence-electron chi connectivity index (χ2n) is 7.22. The van der Waals surface area contributed by atoms with Crippen molar-refractivity contribution >= 4 is 27.1 Å². The normalized spacial score (nSPS) is 11.5. The molecule has 0 fully saturated rings. The third kappa shape index (κ3) is 5.10. The first-order chi connectivity index (χ1) is 14.3. The molecule has 0 unspecified atom stereocenters. The minimum Gasteiger partial charge on any atom is -0.455 e. The monoisotopic (exact) mass is 426 g/mol. The number of rotatable bonds is 8. The molecule has 0 aliphatic rings. The van der Waals surface area contributed by atoms with Gasteiger partial charge in [-0.05, 0) is 69.3 Å². The maximum absolute atomic E-state index is 12.5. The van der Waals surface area contributed by atoms with Gasteiger partial charge in [0.15, 0.2) is 15.6 Å². The lowest BCUT2D eigenvalue weighted by atomic mass is 10.2. The molecule has 1 amide bonds. The van der Waals surface area contributed by atoms with Crippen molar-refractivity contribution < 1.29 is 17.6 Å². The van der Waals surface area contributed by atoms with E-state index >= 15 is 0 Å². The van der Waals surface area contributed by atoms with E-state index in [-0.39, 0.29) is 22.2 Å². The number of carbonyl (C=O) groups is 1. The summed E-state index contributed by atoms with van der Waals surface area (Å²) in [5, 5.41) is 2.78. The zero-order valence-electron chi connectivity index (χ0n) is 17.3. The van der Waals surface area contributed by atoms with Crippen LogP contribution in [0.1, 0.15) is 37.1 Å². The van der Waals surface area contributed by atoms with Gasteiger partial charge in [0.05, 0.1) is 4.90 Å². The molecule has 0 bridgehead atoms. The van der Waals surface area contributed by atoms with Crippen LogP contribution < -0.4 is 10.2 Å². The topological polar surface area (TPSA) is 79.6 Å². The lowest BCUT2D eigenvalue weighted by Gasteiger charge is -2.27. The highest BCUT2D eigenvalue weighted by atomic mass is 32.2. The van der Waals surface area contributed by atoms with E-state index in [4.69, 9.17) is 4.42 Å². The van der Waals surface area contributed by atoms with E-state index in [1.54, 1.807) is 18.2 Å². The SMILES string of the molecule is CCN(c1ccc(NC(=O)c2ccc(CS(=O)(=O)c3ccccc3)o2)cc1)C(C)C. The highest BCUT2D eigenvalue weighted by Gasteiger charge is 2.19. The highest BCUT2D eigenvalue weighted by molar-refractivity contribution is 7.90. The van der Waals surface area contributed by atoms with Gasteiger partial charge in [-0.1, -0.05) is 18.2 Å². The fourth-order valence-electron chi connectivity index (χ4n) is 3.25. The van der Waals surface area contributed by atoms with Gasteiger partial charge in [0.25, 0.3) is 5.91 Å². The van der Waals surface area contributed by atoms with Crippen molar-refractivity contribution in [2.75, 3.05) is 16.8 Å².